The summed E-state index contributed by atoms with van der Waals surface area (Å²) in [6.45, 7) is 3.80. The maximum atomic E-state index is 11.2. The minimum Gasteiger partial charge on any atom is -0.295 e. The molecule has 1 aromatic carbocycles. The molecule has 0 bridgehead atoms. The van der Waals surface area contributed by atoms with Crippen LogP contribution in [0, 0.1) is 5.92 Å². The first-order valence-electron chi connectivity index (χ1n) is 4.47. The third-order valence-electron chi connectivity index (χ3n) is 1.81. The molecule has 0 heterocycles. The number of carbonyl (C=O) groups is 1. The molecule has 1 heteroatoms. The average molecular weight is 174 g/mol. The van der Waals surface area contributed by atoms with Gasteiger partial charge in [-0.15, -0.1) is 0 Å². The van der Waals surface area contributed by atoms with Gasteiger partial charge in [0.25, 0.3) is 0 Å². The average Bonchev–Trinajstić information content (AvgIpc) is 2.15. The molecule has 0 aromatic heterocycles. The molecule has 0 atom stereocenters. The van der Waals surface area contributed by atoms with Gasteiger partial charge in [-0.05, 0) is 11.6 Å². The number of hydrogen-bond donors (Lipinski definition) is 0. The Bertz CT molecular complexity index is 296. The first kappa shape index (κ1) is 9.72. The van der Waals surface area contributed by atoms with Crippen LogP contribution < -0.4 is 0 Å². The smallest absolute Gasteiger partial charge is 0.158 e. The molecular formula is C12H14O. The van der Waals surface area contributed by atoms with Gasteiger partial charge in [-0.1, -0.05) is 50.3 Å². The molecule has 0 aliphatic rings. The van der Waals surface area contributed by atoms with Gasteiger partial charge in [0.2, 0.25) is 0 Å². The zero-order chi connectivity index (χ0) is 9.68. The highest BCUT2D eigenvalue weighted by Gasteiger charge is 2.00. The van der Waals surface area contributed by atoms with Crippen molar-refractivity contribution >= 4 is 11.9 Å². The summed E-state index contributed by atoms with van der Waals surface area (Å²) in [5.74, 6) is 0.254. The van der Waals surface area contributed by atoms with Crippen molar-refractivity contribution in [3.8, 4) is 0 Å². The van der Waals surface area contributed by atoms with Gasteiger partial charge in [-0.2, -0.15) is 0 Å². The van der Waals surface area contributed by atoms with Crippen molar-refractivity contribution in [1.29, 1.82) is 0 Å². The van der Waals surface area contributed by atoms with Crippen molar-refractivity contribution in [2.24, 2.45) is 5.92 Å². The first-order chi connectivity index (χ1) is 6.20. The Hall–Kier alpha value is -1.37. The molecule has 0 saturated heterocycles. The zero-order valence-electron chi connectivity index (χ0n) is 8.03. The number of allylic oxidation sites excluding steroid dienone is 1. The summed E-state index contributed by atoms with van der Waals surface area (Å²) in [6.07, 6.45) is 3.49. The van der Waals surface area contributed by atoms with E-state index >= 15 is 0 Å². The van der Waals surface area contributed by atoms with Crippen molar-refractivity contribution in [3.63, 3.8) is 0 Å². The number of carbonyl (C=O) groups excluding carboxylic acids is 1. The van der Waals surface area contributed by atoms with Crippen LogP contribution in [-0.4, -0.2) is 5.78 Å². The Balaban J connectivity index is 2.64. The summed E-state index contributed by atoms with van der Waals surface area (Å²) in [5, 5.41) is 0. The summed E-state index contributed by atoms with van der Waals surface area (Å²) < 4.78 is 0. The summed E-state index contributed by atoms with van der Waals surface area (Å²) in [7, 11) is 0. The Kier molecular flexibility index (Phi) is 3.44. The molecule has 0 spiro atoms. The van der Waals surface area contributed by atoms with Crippen molar-refractivity contribution in [2.75, 3.05) is 0 Å². The topological polar surface area (TPSA) is 17.1 Å². The van der Waals surface area contributed by atoms with Crippen LogP contribution in [0.2, 0.25) is 0 Å². The summed E-state index contributed by atoms with van der Waals surface area (Å²) in [4.78, 5) is 11.2. The molecule has 1 rings (SSSR count). The summed E-state index contributed by atoms with van der Waals surface area (Å²) in [5.41, 5.74) is 1.07. The minimum absolute atomic E-state index is 0.0833. The molecule has 0 amide bonds. The standard InChI is InChI=1S/C12H14O/c1-10(2)12(13)9-8-11-6-4-3-5-7-11/h3-10H,1-2H3/b9-8+. The van der Waals surface area contributed by atoms with Crippen LogP contribution in [0.1, 0.15) is 19.4 Å². The van der Waals surface area contributed by atoms with Gasteiger partial charge in [-0.25, -0.2) is 0 Å². The van der Waals surface area contributed by atoms with Crippen LogP contribution in [0.5, 0.6) is 0 Å². The van der Waals surface area contributed by atoms with E-state index in [-0.39, 0.29) is 11.7 Å². The van der Waals surface area contributed by atoms with E-state index in [1.807, 2.05) is 50.3 Å². The van der Waals surface area contributed by atoms with E-state index in [1.54, 1.807) is 6.08 Å². The normalized spacial score (nSPS) is 11.0. The summed E-state index contributed by atoms with van der Waals surface area (Å²) in [6, 6.07) is 9.83. The minimum atomic E-state index is 0.0833. The lowest BCUT2D eigenvalue weighted by molar-refractivity contribution is -0.117. The van der Waals surface area contributed by atoms with Crippen molar-refractivity contribution in [1.82, 2.24) is 0 Å². The van der Waals surface area contributed by atoms with Gasteiger partial charge in [-0.3, -0.25) is 4.79 Å². The van der Waals surface area contributed by atoms with Gasteiger partial charge in [0.05, 0.1) is 0 Å². The molecule has 0 aliphatic heterocycles. The highest BCUT2D eigenvalue weighted by molar-refractivity contribution is 5.94. The van der Waals surface area contributed by atoms with Crippen molar-refractivity contribution < 1.29 is 4.79 Å². The second kappa shape index (κ2) is 4.61. The van der Waals surface area contributed by atoms with Crippen LogP contribution in [0.15, 0.2) is 36.4 Å². The molecule has 0 fully saturated rings. The number of hydrogen-bond acceptors (Lipinski definition) is 1. The fraction of sp³-hybridized carbons (Fsp3) is 0.250. The SMILES string of the molecule is CC(C)C(=O)/C=C/c1ccccc1. The fourth-order valence-electron chi connectivity index (χ4n) is 0.935. The van der Waals surface area contributed by atoms with Gasteiger partial charge in [0.1, 0.15) is 0 Å². The van der Waals surface area contributed by atoms with Crippen LogP contribution in [-0.2, 0) is 4.79 Å². The maximum absolute atomic E-state index is 11.2. The van der Waals surface area contributed by atoms with Crippen molar-refractivity contribution in [2.45, 2.75) is 13.8 Å². The van der Waals surface area contributed by atoms with E-state index < -0.39 is 0 Å². The Morgan fingerprint density at radius 3 is 2.38 bits per heavy atom. The van der Waals surface area contributed by atoms with Gasteiger partial charge >= 0.3 is 0 Å². The highest BCUT2D eigenvalue weighted by atomic mass is 16.1. The van der Waals surface area contributed by atoms with E-state index in [4.69, 9.17) is 0 Å². The van der Waals surface area contributed by atoms with E-state index in [9.17, 15) is 4.79 Å². The fourth-order valence-corrected chi connectivity index (χ4v) is 0.935. The van der Waals surface area contributed by atoms with E-state index in [2.05, 4.69) is 0 Å². The largest absolute Gasteiger partial charge is 0.295 e. The lowest BCUT2D eigenvalue weighted by atomic mass is 10.1. The van der Waals surface area contributed by atoms with Gasteiger partial charge < -0.3 is 0 Å². The number of rotatable bonds is 3. The lowest BCUT2D eigenvalue weighted by Crippen LogP contribution is -2.01. The molecular weight excluding hydrogens is 160 g/mol. The monoisotopic (exact) mass is 174 g/mol. The molecule has 0 N–H and O–H groups in total. The van der Waals surface area contributed by atoms with Crippen molar-refractivity contribution in [3.05, 3.63) is 42.0 Å². The molecule has 0 unspecified atom stereocenters. The van der Waals surface area contributed by atoms with Gasteiger partial charge in [0, 0.05) is 5.92 Å². The van der Waals surface area contributed by atoms with Crippen LogP contribution >= 0.6 is 0 Å². The quantitative estimate of drug-likeness (QED) is 0.644. The second-order valence-corrected chi connectivity index (χ2v) is 3.30. The molecule has 0 saturated carbocycles. The van der Waals surface area contributed by atoms with E-state index in [0.717, 1.165) is 5.56 Å². The molecule has 0 aliphatic carbocycles. The maximum Gasteiger partial charge on any atom is 0.158 e. The predicted octanol–water partition coefficient (Wildman–Crippen LogP) is 2.92. The Labute approximate surface area is 79.1 Å². The Morgan fingerprint density at radius 2 is 1.85 bits per heavy atom. The van der Waals surface area contributed by atoms with Crippen LogP contribution in [0.3, 0.4) is 0 Å². The number of benzene rings is 1. The highest BCUT2D eigenvalue weighted by Crippen LogP contribution is 2.03. The second-order valence-electron chi connectivity index (χ2n) is 3.30. The van der Waals surface area contributed by atoms with Gasteiger partial charge in [0.15, 0.2) is 5.78 Å². The lowest BCUT2D eigenvalue weighted by Gasteiger charge is -1.96. The van der Waals surface area contributed by atoms with Crippen LogP contribution in [0.25, 0.3) is 6.08 Å². The first-order valence-corrected chi connectivity index (χ1v) is 4.47. The third-order valence-corrected chi connectivity index (χ3v) is 1.81. The molecule has 13 heavy (non-hydrogen) atoms. The van der Waals surface area contributed by atoms with E-state index in [1.165, 1.54) is 0 Å². The Morgan fingerprint density at radius 1 is 1.23 bits per heavy atom. The molecule has 68 valence electrons. The molecule has 1 aromatic rings. The van der Waals surface area contributed by atoms with Crippen LogP contribution in [0.4, 0.5) is 0 Å². The summed E-state index contributed by atoms with van der Waals surface area (Å²) >= 11 is 0. The predicted molar refractivity (Wildman–Crippen MR) is 55.3 cm³/mol. The zero-order valence-corrected chi connectivity index (χ0v) is 8.03. The van der Waals surface area contributed by atoms with E-state index in [0.29, 0.717) is 0 Å². The molecule has 0 radical (unpaired) electrons. The molecule has 1 nitrogen and oxygen atoms in total. The number of ketones is 1. The third kappa shape index (κ3) is 3.24.